The molecule has 6 nitrogen and oxygen atoms in total. The number of nitrogens with one attached hydrogen (secondary N) is 1. The molecule has 0 aliphatic heterocycles. The number of hydrogen-bond acceptors (Lipinski definition) is 4. The number of carboxylic acids is 1. The van der Waals surface area contributed by atoms with Crippen LogP contribution in [0.15, 0.2) is 41.0 Å². The molecule has 0 unspecified atom stereocenters. The minimum atomic E-state index is -1.03. The summed E-state index contributed by atoms with van der Waals surface area (Å²) in [7, 11) is 0. The number of furan rings is 1. The Labute approximate surface area is 115 Å². The molecule has 20 heavy (non-hydrogen) atoms. The number of anilines is 1. The Hall–Kier alpha value is -2.76. The fraction of sp³-hybridized carbons (Fsp3) is 0.143. The van der Waals surface area contributed by atoms with Crippen molar-refractivity contribution < 1.29 is 19.1 Å². The molecule has 1 heterocycles. The largest absolute Gasteiger partial charge is 0.478 e. The number of nitrogens with two attached hydrogens (primary N) is 1. The summed E-state index contributed by atoms with van der Waals surface area (Å²) < 4.78 is 5.13. The van der Waals surface area contributed by atoms with Crippen LogP contribution in [0.1, 0.15) is 21.7 Å². The Balaban J connectivity index is 2.06. The first-order valence-electron chi connectivity index (χ1n) is 5.97. The number of carbonyl (C=O) groups is 2. The van der Waals surface area contributed by atoms with Crippen LogP contribution in [0.5, 0.6) is 0 Å². The summed E-state index contributed by atoms with van der Waals surface area (Å²) in [5, 5.41) is 11.9. The van der Waals surface area contributed by atoms with Crippen LogP contribution in [0, 0.1) is 0 Å². The number of para-hydroxylation sites is 1. The van der Waals surface area contributed by atoms with Gasteiger partial charge in [0, 0.05) is 5.69 Å². The van der Waals surface area contributed by atoms with E-state index in [9.17, 15) is 9.59 Å². The molecule has 1 aromatic carbocycles. The number of amides is 1. The van der Waals surface area contributed by atoms with Crippen LogP contribution in [0.2, 0.25) is 0 Å². The van der Waals surface area contributed by atoms with Crippen LogP contribution < -0.4 is 11.1 Å². The van der Waals surface area contributed by atoms with E-state index in [1.807, 2.05) is 18.2 Å². The third kappa shape index (κ3) is 3.38. The molecule has 0 saturated carbocycles. The maximum absolute atomic E-state index is 11.0. The molecule has 2 rings (SSSR count). The lowest BCUT2D eigenvalue weighted by atomic mass is 10.1. The molecule has 0 aliphatic carbocycles. The zero-order chi connectivity index (χ0) is 14.5. The van der Waals surface area contributed by atoms with Crippen LogP contribution in [-0.2, 0) is 17.8 Å². The van der Waals surface area contributed by atoms with Gasteiger partial charge in [-0.2, -0.15) is 0 Å². The molecule has 0 atom stereocenters. The summed E-state index contributed by atoms with van der Waals surface area (Å²) >= 11 is 0. The highest BCUT2D eigenvalue weighted by Crippen LogP contribution is 2.17. The maximum atomic E-state index is 11.0. The highest BCUT2D eigenvalue weighted by Gasteiger charge is 2.09. The number of benzene rings is 1. The summed E-state index contributed by atoms with van der Waals surface area (Å²) in [5.41, 5.74) is 6.84. The lowest BCUT2D eigenvalue weighted by Crippen LogP contribution is -2.15. The third-order valence-electron chi connectivity index (χ3n) is 2.74. The van der Waals surface area contributed by atoms with Crippen molar-refractivity contribution in [1.82, 2.24) is 0 Å². The Morgan fingerprint density at radius 2 is 2.05 bits per heavy atom. The smallest absolute Gasteiger partial charge is 0.338 e. The summed E-state index contributed by atoms with van der Waals surface area (Å²) in [6.45, 7) is 0.322. The summed E-state index contributed by atoms with van der Waals surface area (Å²) in [4.78, 5) is 21.7. The number of primary amides is 1. The standard InChI is InChI=1S/C14H14N2O4/c15-13(17)6-9-3-1-2-4-12(9)16-7-11-5-10(8-20-11)14(18)19/h1-5,8,16H,6-7H2,(H2,15,17)(H,18,19). The number of aromatic carboxylic acids is 1. The van der Waals surface area contributed by atoms with E-state index in [1.54, 1.807) is 6.07 Å². The number of rotatable bonds is 6. The van der Waals surface area contributed by atoms with Crippen LogP contribution in [0.3, 0.4) is 0 Å². The normalized spacial score (nSPS) is 10.2. The molecule has 0 radical (unpaired) electrons. The van der Waals surface area contributed by atoms with Gasteiger partial charge in [0.2, 0.25) is 5.91 Å². The molecular formula is C14H14N2O4. The van der Waals surface area contributed by atoms with Crippen LogP contribution in [0.4, 0.5) is 5.69 Å². The van der Waals surface area contributed by atoms with Crippen molar-refractivity contribution in [3.05, 3.63) is 53.5 Å². The summed E-state index contributed by atoms with van der Waals surface area (Å²) in [6, 6.07) is 8.72. The Morgan fingerprint density at radius 1 is 1.30 bits per heavy atom. The molecule has 0 fully saturated rings. The van der Waals surface area contributed by atoms with Gasteiger partial charge in [-0.3, -0.25) is 4.79 Å². The van der Waals surface area contributed by atoms with Crippen molar-refractivity contribution in [2.75, 3.05) is 5.32 Å². The van der Waals surface area contributed by atoms with E-state index in [0.717, 1.165) is 11.3 Å². The molecular weight excluding hydrogens is 260 g/mol. The molecule has 0 bridgehead atoms. The molecule has 104 valence electrons. The number of carbonyl (C=O) groups excluding carboxylic acids is 1. The van der Waals surface area contributed by atoms with Gasteiger partial charge in [-0.25, -0.2) is 4.79 Å². The van der Waals surface area contributed by atoms with E-state index in [2.05, 4.69) is 5.32 Å². The van der Waals surface area contributed by atoms with E-state index in [1.165, 1.54) is 12.3 Å². The van der Waals surface area contributed by atoms with Gasteiger partial charge in [0.1, 0.15) is 12.0 Å². The molecule has 6 heteroatoms. The second kappa shape index (κ2) is 5.92. The average molecular weight is 274 g/mol. The van der Waals surface area contributed by atoms with Crippen LogP contribution in [-0.4, -0.2) is 17.0 Å². The molecule has 1 amide bonds. The first-order chi connectivity index (χ1) is 9.56. The fourth-order valence-corrected chi connectivity index (χ4v) is 1.80. The van der Waals surface area contributed by atoms with Gasteiger partial charge < -0.3 is 20.6 Å². The summed E-state index contributed by atoms with van der Waals surface area (Å²) in [5.74, 6) is -0.948. The number of hydrogen-bond donors (Lipinski definition) is 3. The first-order valence-corrected chi connectivity index (χ1v) is 5.97. The maximum Gasteiger partial charge on any atom is 0.338 e. The lowest BCUT2D eigenvalue weighted by molar-refractivity contribution is -0.117. The molecule has 0 aliphatic rings. The lowest BCUT2D eigenvalue weighted by Gasteiger charge is -2.09. The van der Waals surface area contributed by atoms with Gasteiger partial charge in [0.05, 0.1) is 18.5 Å². The topological polar surface area (TPSA) is 106 Å². The molecule has 2 aromatic rings. The second-order valence-electron chi connectivity index (χ2n) is 4.26. The molecule has 4 N–H and O–H groups in total. The highest BCUT2D eigenvalue weighted by atomic mass is 16.4. The zero-order valence-corrected chi connectivity index (χ0v) is 10.6. The van der Waals surface area contributed by atoms with E-state index in [0.29, 0.717) is 12.3 Å². The van der Waals surface area contributed by atoms with E-state index in [4.69, 9.17) is 15.3 Å². The SMILES string of the molecule is NC(=O)Cc1ccccc1NCc1cc(C(=O)O)co1. The first kappa shape index (κ1) is 13.7. The minimum absolute atomic E-state index is 0.104. The van der Waals surface area contributed by atoms with Gasteiger partial charge >= 0.3 is 5.97 Å². The number of carboxylic acid groups (broad SMARTS) is 1. The monoisotopic (exact) mass is 274 g/mol. The Bertz CT molecular complexity index is 634. The third-order valence-corrected chi connectivity index (χ3v) is 2.74. The quantitative estimate of drug-likeness (QED) is 0.742. The van der Waals surface area contributed by atoms with Crippen molar-refractivity contribution in [3.63, 3.8) is 0 Å². The van der Waals surface area contributed by atoms with Crippen molar-refractivity contribution in [2.24, 2.45) is 5.73 Å². The van der Waals surface area contributed by atoms with E-state index in [-0.39, 0.29) is 12.0 Å². The predicted octanol–water partition coefficient (Wildman–Crippen LogP) is 1.62. The minimum Gasteiger partial charge on any atom is -0.478 e. The predicted molar refractivity (Wildman–Crippen MR) is 72.3 cm³/mol. The molecule has 0 spiro atoms. The van der Waals surface area contributed by atoms with Crippen molar-refractivity contribution >= 4 is 17.6 Å². The van der Waals surface area contributed by atoms with Crippen LogP contribution in [0.25, 0.3) is 0 Å². The fourth-order valence-electron chi connectivity index (χ4n) is 1.80. The Morgan fingerprint density at radius 3 is 2.70 bits per heavy atom. The van der Waals surface area contributed by atoms with E-state index >= 15 is 0 Å². The van der Waals surface area contributed by atoms with Gasteiger partial charge in [-0.15, -0.1) is 0 Å². The summed E-state index contributed by atoms with van der Waals surface area (Å²) in [6.07, 6.45) is 1.33. The van der Waals surface area contributed by atoms with Gasteiger partial charge in [-0.05, 0) is 17.7 Å². The molecule has 0 saturated heterocycles. The highest BCUT2D eigenvalue weighted by molar-refractivity contribution is 5.87. The zero-order valence-electron chi connectivity index (χ0n) is 10.6. The van der Waals surface area contributed by atoms with Gasteiger partial charge in [0.25, 0.3) is 0 Å². The van der Waals surface area contributed by atoms with E-state index < -0.39 is 11.9 Å². The van der Waals surface area contributed by atoms with Crippen molar-refractivity contribution in [3.8, 4) is 0 Å². The van der Waals surface area contributed by atoms with Crippen molar-refractivity contribution in [2.45, 2.75) is 13.0 Å². The van der Waals surface area contributed by atoms with Crippen molar-refractivity contribution in [1.29, 1.82) is 0 Å². The van der Waals surface area contributed by atoms with Gasteiger partial charge in [-0.1, -0.05) is 18.2 Å². The van der Waals surface area contributed by atoms with Crippen LogP contribution >= 0.6 is 0 Å². The van der Waals surface area contributed by atoms with Gasteiger partial charge in [0.15, 0.2) is 0 Å². The Kier molecular flexibility index (Phi) is 4.05. The average Bonchev–Trinajstić information content (AvgIpc) is 2.86. The second-order valence-corrected chi connectivity index (χ2v) is 4.26. The molecule has 1 aromatic heterocycles.